The van der Waals surface area contributed by atoms with Gasteiger partial charge in [0.1, 0.15) is 0 Å². The number of rotatable bonds is 1. The summed E-state index contributed by atoms with van der Waals surface area (Å²) in [4.78, 5) is 2.43. The molecule has 0 spiro atoms. The van der Waals surface area contributed by atoms with Gasteiger partial charge in [-0.05, 0) is 20.6 Å². The van der Waals surface area contributed by atoms with Crippen LogP contribution in [0, 0.1) is 0 Å². The van der Waals surface area contributed by atoms with Gasteiger partial charge in [-0.3, -0.25) is 4.67 Å². The van der Waals surface area contributed by atoms with Crippen molar-refractivity contribution >= 4 is 8.73 Å². The summed E-state index contributed by atoms with van der Waals surface area (Å²) in [5.74, 6) is 0. The van der Waals surface area contributed by atoms with Crippen molar-refractivity contribution in [3.8, 4) is 0 Å². The van der Waals surface area contributed by atoms with Crippen LogP contribution in [0.25, 0.3) is 0 Å². The minimum absolute atomic E-state index is 0.751. The van der Waals surface area contributed by atoms with E-state index in [1.54, 1.807) is 0 Å². The molecule has 1 saturated heterocycles. The lowest BCUT2D eigenvalue weighted by atomic mass is 10.2. The van der Waals surface area contributed by atoms with Crippen LogP contribution in [0.15, 0.2) is 0 Å². The summed E-state index contributed by atoms with van der Waals surface area (Å²) in [7, 11) is 3.20. The van der Waals surface area contributed by atoms with E-state index in [1.165, 1.54) is 19.6 Å². The molecule has 0 aliphatic carbocycles. The molecule has 1 aliphatic rings. The van der Waals surface area contributed by atoms with Crippen molar-refractivity contribution in [3.05, 3.63) is 0 Å². The Hall–Kier alpha value is 0.350. The second-order valence-electron chi connectivity index (χ2n) is 3.00. The molecule has 10 heavy (non-hydrogen) atoms. The van der Waals surface area contributed by atoms with Crippen LogP contribution in [0.2, 0.25) is 0 Å². The Kier molecular flexibility index (Phi) is 3.09. The molecule has 0 aromatic heterocycles. The zero-order chi connectivity index (χ0) is 7.56. The highest BCUT2D eigenvalue weighted by atomic mass is 31.1. The second-order valence-corrected chi connectivity index (χ2v) is 4.08. The Labute approximate surface area is 65.4 Å². The first-order chi connectivity index (χ1) is 4.74. The third-order valence-electron chi connectivity index (χ3n) is 2.28. The van der Waals surface area contributed by atoms with Crippen molar-refractivity contribution in [2.75, 3.05) is 33.3 Å². The van der Waals surface area contributed by atoms with E-state index in [2.05, 4.69) is 30.2 Å². The molecule has 1 aliphatic heterocycles. The first-order valence-electron chi connectivity index (χ1n) is 3.86. The van der Waals surface area contributed by atoms with Crippen molar-refractivity contribution in [2.45, 2.75) is 13.0 Å². The van der Waals surface area contributed by atoms with Crippen LogP contribution >= 0.6 is 8.73 Å². The van der Waals surface area contributed by atoms with Crippen molar-refractivity contribution < 1.29 is 0 Å². The van der Waals surface area contributed by atoms with Crippen molar-refractivity contribution in [3.63, 3.8) is 0 Å². The van der Waals surface area contributed by atoms with Gasteiger partial charge >= 0.3 is 0 Å². The Bertz CT molecular complexity index is 108. The number of nitrogens with zero attached hydrogens (tertiary/aromatic N) is 2. The van der Waals surface area contributed by atoms with Gasteiger partial charge in [0.25, 0.3) is 0 Å². The summed E-state index contributed by atoms with van der Waals surface area (Å²) < 4.78 is 2.53. The molecule has 2 atom stereocenters. The van der Waals surface area contributed by atoms with E-state index in [9.17, 15) is 0 Å². The molecule has 1 fully saturated rings. The third kappa shape index (κ3) is 1.91. The predicted octanol–water partition coefficient (Wildman–Crippen LogP) is 0.846. The fourth-order valence-corrected chi connectivity index (χ4v) is 2.02. The van der Waals surface area contributed by atoms with Crippen LogP contribution in [0.4, 0.5) is 0 Å². The van der Waals surface area contributed by atoms with E-state index in [0.29, 0.717) is 0 Å². The van der Waals surface area contributed by atoms with Gasteiger partial charge in [0, 0.05) is 25.7 Å². The Morgan fingerprint density at radius 2 is 2.10 bits per heavy atom. The maximum atomic E-state index is 2.53. The van der Waals surface area contributed by atoms with Gasteiger partial charge < -0.3 is 4.90 Å². The fraction of sp³-hybridized carbons (Fsp3) is 1.00. The van der Waals surface area contributed by atoms with E-state index in [0.717, 1.165) is 14.8 Å². The smallest absolute Gasteiger partial charge is 0.0195 e. The molecular formula is C7H17N2P. The molecule has 0 bridgehead atoms. The molecule has 60 valence electrons. The van der Waals surface area contributed by atoms with E-state index in [4.69, 9.17) is 0 Å². The molecule has 0 aromatic carbocycles. The Balaban J connectivity index is 2.33. The first-order valence-corrected chi connectivity index (χ1v) is 5.31. The second kappa shape index (κ2) is 3.66. The summed E-state index contributed by atoms with van der Waals surface area (Å²) >= 11 is 0. The normalized spacial score (nSPS) is 32.1. The summed E-state index contributed by atoms with van der Waals surface area (Å²) in [5.41, 5.74) is 0. The van der Waals surface area contributed by atoms with E-state index < -0.39 is 0 Å². The van der Waals surface area contributed by atoms with E-state index in [-0.39, 0.29) is 0 Å². The predicted molar refractivity (Wildman–Crippen MR) is 47.9 cm³/mol. The first kappa shape index (κ1) is 8.45. The summed E-state index contributed by atoms with van der Waals surface area (Å²) in [5, 5.41) is 0. The lowest BCUT2D eigenvalue weighted by Gasteiger charge is -2.36. The lowest BCUT2D eigenvalue weighted by molar-refractivity contribution is 0.165. The third-order valence-corrected chi connectivity index (χ3v) is 3.31. The van der Waals surface area contributed by atoms with E-state index >= 15 is 0 Å². The van der Waals surface area contributed by atoms with Crippen LogP contribution in [0.5, 0.6) is 0 Å². The molecule has 1 rings (SSSR count). The number of likely N-dealkylation sites (N-methyl/N-ethyl adjacent to an activating group) is 1. The minimum Gasteiger partial charge on any atom is -0.301 e. The largest absolute Gasteiger partial charge is 0.301 e. The van der Waals surface area contributed by atoms with Crippen LogP contribution in [0.1, 0.15) is 6.92 Å². The number of hydrogen-bond donors (Lipinski definition) is 0. The monoisotopic (exact) mass is 160 g/mol. The summed E-state index contributed by atoms with van der Waals surface area (Å²) in [6, 6.07) is 0.751. The van der Waals surface area contributed by atoms with Crippen molar-refractivity contribution in [1.29, 1.82) is 0 Å². The SMILES string of the molecule is CPN1CCN(C)C(C)C1. The highest BCUT2D eigenvalue weighted by Gasteiger charge is 2.18. The Morgan fingerprint density at radius 1 is 1.40 bits per heavy atom. The molecule has 1 heterocycles. The highest BCUT2D eigenvalue weighted by molar-refractivity contribution is 7.34. The van der Waals surface area contributed by atoms with Crippen LogP contribution < -0.4 is 0 Å². The van der Waals surface area contributed by atoms with Gasteiger partial charge in [0.05, 0.1) is 0 Å². The molecule has 3 heteroatoms. The summed E-state index contributed by atoms with van der Waals surface area (Å²) in [6.07, 6.45) is 0. The van der Waals surface area contributed by atoms with Crippen LogP contribution in [-0.2, 0) is 0 Å². The molecule has 0 N–H and O–H groups in total. The molecule has 2 unspecified atom stereocenters. The van der Waals surface area contributed by atoms with Gasteiger partial charge in [0.2, 0.25) is 0 Å². The summed E-state index contributed by atoms with van der Waals surface area (Å²) in [6.45, 7) is 8.31. The van der Waals surface area contributed by atoms with Crippen molar-refractivity contribution in [1.82, 2.24) is 9.57 Å². The van der Waals surface area contributed by atoms with Gasteiger partial charge in [0.15, 0.2) is 0 Å². The zero-order valence-electron chi connectivity index (χ0n) is 7.09. The molecule has 2 nitrogen and oxygen atoms in total. The molecule has 0 aromatic rings. The average molecular weight is 160 g/mol. The molecular weight excluding hydrogens is 143 g/mol. The van der Waals surface area contributed by atoms with Gasteiger partial charge in [-0.2, -0.15) is 0 Å². The highest BCUT2D eigenvalue weighted by Crippen LogP contribution is 2.17. The maximum absolute atomic E-state index is 2.53. The minimum atomic E-state index is 0.751. The number of piperazine rings is 1. The number of hydrogen-bond acceptors (Lipinski definition) is 2. The van der Waals surface area contributed by atoms with Crippen molar-refractivity contribution in [2.24, 2.45) is 0 Å². The molecule has 0 amide bonds. The van der Waals surface area contributed by atoms with Gasteiger partial charge in [-0.1, -0.05) is 8.73 Å². The van der Waals surface area contributed by atoms with Crippen LogP contribution in [-0.4, -0.2) is 49.0 Å². The van der Waals surface area contributed by atoms with Crippen LogP contribution in [0.3, 0.4) is 0 Å². The fourth-order valence-electron chi connectivity index (χ4n) is 1.25. The van der Waals surface area contributed by atoms with E-state index in [1.807, 2.05) is 0 Å². The standard InChI is InChI=1S/C7H17N2P/c1-7-6-9(10-3)5-4-8(7)2/h7,10H,4-6H2,1-3H3. The Morgan fingerprint density at radius 3 is 2.60 bits per heavy atom. The average Bonchev–Trinajstić information content (AvgIpc) is 1.95. The van der Waals surface area contributed by atoms with Gasteiger partial charge in [-0.15, -0.1) is 0 Å². The van der Waals surface area contributed by atoms with Gasteiger partial charge in [-0.25, -0.2) is 0 Å². The topological polar surface area (TPSA) is 6.48 Å². The lowest BCUT2D eigenvalue weighted by Crippen LogP contribution is -2.46. The quantitative estimate of drug-likeness (QED) is 0.525. The molecule has 0 radical (unpaired) electrons. The zero-order valence-corrected chi connectivity index (χ0v) is 8.09. The molecule has 0 saturated carbocycles. The maximum Gasteiger partial charge on any atom is 0.0195 e.